The molecule has 4 nitrogen and oxygen atoms in total. The van der Waals surface area contributed by atoms with Crippen LogP contribution in [0.25, 0.3) is 0 Å². The Morgan fingerprint density at radius 3 is 2.94 bits per heavy atom. The number of amides is 1. The molecule has 0 aromatic carbocycles. The molecule has 0 bridgehead atoms. The first-order valence-corrected chi connectivity index (χ1v) is 4.83. The van der Waals surface area contributed by atoms with E-state index in [1.54, 1.807) is 14.0 Å². The Balaban J connectivity index is 2.82. The Hall–Kier alpha value is -1.96. The van der Waals surface area contributed by atoms with Gasteiger partial charge in [-0.15, -0.1) is 0 Å². The van der Waals surface area contributed by atoms with Crippen LogP contribution in [0.3, 0.4) is 0 Å². The summed E-state index contributed by atoms with van der Waals surface area (Å²) in [4.78, 5) is 16.7. The molecule has 0 spiro atoms. The SMILES string of the molecule is CC(CC#N)N(C)C(=O)c1cccc(F)n1. The molecule has 0 fully saturated rings. The summed E-state index contributed by atoms with van der Waals surface area (Å²) in [5.74, 6) is -1.07. The quantitative estimate of drug-likeness (QED) is 0.728. The average molecular weight is 221 g/mol. The second-order valence-corrected chi connectivity index (χ2v) is 3.47. The number of hydrogen-bond donors (Lipinski definition) is 0. The van der Waals surface area contributed by atoms with Crippen molar-refractivity contribution in [1.29, 1.82) is 5.26 Å². The molecular weight excluding hydrogens is 209 g/mol. The van der Waals surface area contributed by atoms with Crippen LogP contribution in [0.4, 0.5) is 4.39 Å². The van der Waals surface area contributed by atoms with Crippen LogP contribution < -0.4 is 0 Å². The second-order valence-electron chi connectivity index (χ2n) is 3.47. The Morgan fingerprint density at radius 2 is 2.38 bits per heavy atom. The molecule has 1 amide bonds. The van der Waals surface area contributed by atoms with Gasteiger partial charge in [-0.05, 0) is 19.1 Å². The molecule has 1 heterocycles. The lowest BCUT2D eigenvalue weighted by molar-refractivity contribution is 0.0739. The van der Waals surface area contributed by atoms with Crippen molar-refractivity contribution in [3.05, 3.63) is 29.8 Å². The maximum Gasteiger partial charge on any atom is 0.272 e. The number of nitrogens with zero attached hydrogens (tertiary/aromatic N) is 3. The van der Waals surface area contributed by atoms with Gasteiger partial charge in [0.1, 0.15) is 5.69 Å². The van der Waals surface area contributed by atoms with Crippen LogP contribution in [0.5, 0.6) is 0 Å². The molecule has 1 unspecified atom stereocenters. The van der Waals surface area contributed by atoms with Crippen molar-refractivity contribution in [3.8, 4) is 6.07 Å². The Labute approximate surface area is 93.3 Å². The monoisotopic (exact) mass is 221 g/mol. The molecule has 16 heavy (non-hydrogen) atoms. The largest absolute Gasteiger partial charge is 0.337 e. The van der Waals surface area contributed by atoms with E-state index in [0.717, 1.165) is 0 Å². The van der Waals surface area contributed by atoms with Crippen LogP contribution in [0, 0.1) is 17.3 Å². The number of nitriles is 1. The Kier molecular flexibility index (Phi) is 3.95. The highest BCUT2D eigenvalue weighted by atomic mass is 19.1. The fourth-order valence-electron chi connectivity index (χ4n) is 1.18. The lowest BCUT2D eigenvalue weighted by Crippen LogP contribution is -2.35. The van der Waals surface area contributed by atoms with Crippen molar-refractivity contribution in [2.75, 3.05) is 7.05 Å². The highest BCUT2D eigenvalue weighted by Gasteiger charge is 2.18. The molecule has 5 heteroatoms. The zero-order chi connectivity index (χ0) is 12.1. The van der Waals surface area contributed by atoms with E-state index < -0.39 is 5.95 Å². The zero-order valence-corrected chi connectivity index (χ0v) is 9.14. The molecule has 0 radical (unpaired) electrons. The molecule has 0 saturated heterocycles. The van der Waals surface area contributed by atoms with E-state index in [1.807, 2.05) is 6.07 Å². The Morgan fingerprint density at radius 1 is 1.69 bits per heavy atom. The van der Waals surface area contributed by atoms with Crippen LogP contribution in [-0.2, 0) is 0 Å². The van der Waals surface area contributed by atoms with Crippen molar-refractivity contribution in [3.63, 3.8) is 0 Å². The third kappa shape index (κ3) is 2.76. The summed E-state index contributed by atoms with van der Waals surface area (Å²) in [5.41, 5.74) is 0.0484. The number of rotatable bonds is 3. The summed E-state index contributed by atoms with van der Waals surface area (Å²) in [7, 11) is 1.57. The molecule has 1 aromatic rings. The summed E-state index contributed by atoms with van der Waals surface area (Å²) >= 11 is 0. The minimum Gasteiger partial charge on any atom is -0.337 e. The Bertz CT molecular complexity index is 427. The van der Waals surface area contributed by atoms with Crippen LogP contribution in [0.1, 0.15) is 23.8 Å². The van der Waals surface area contributed by atoms with Crippen LogP contribution in [0.2, 0.25) is 0 Å². The lowest BCUT2D eigenvalue weighted by Gasteiger charge is -2.22. The normalized spacial score (nSPS) is 11.6. The minimum atomic E-state index is -0.688. The van der Waals surface area contributed by atoms with E-state index in [9.17, 15) is 9.18 Å². The first kappa shape index (κ1) is 12.1. The molecule has 1 rings (SSSR count). The molecule has 0 aliphatic heterocycles. The van der Waals surface area contributed by atoms with E-state index in [0.29, 0.717) is 0 Å². The van der Waals surface area contributed by atoms with Crippen molar-refractivity contribution >= 4 is 5.91 Å². The minimum absolute atomic E-state index is 0.0484. The van der Waals surface area contributed by atoms with Gasteiger partial charge in [-0.2, -0.15) is 9.65 Å². The molecule has 0 aliphatic rings. The first-order chi connectivity index (χ1) is 7.56. The van der Waals surface area contributed by atoms with Crippen LogP contribution >= 0.6 is 0 Å². The summed E-state index contributed by atoms with van der Waals surface area (Å²) in [6, 6.07) is 5.81. The number of halogens is 1. The van der Waals surface area contributed by atoms with Gasteiger partial charge in [0.05, 0.1) is 12.5 Å². The van der Waals surface area contributed by atoms with E-state index in [1.165, 1.54) is 23.1 Å². The number of aromatic nitrogens is 1. The highest BCUT2D eigenvalue weighted by Crippen LogP contribution is 2.07. The standard InChI is InChI=1S/C11H12FN3O/c1-8(6-7-13)15(2)11(16)9-4-3-5-10(12)14-9/h3-5,8H,6H2,1-2H3. The second kappa shape index (κ2) is 5.21. The number of carbonyl (C=O) groups excluding carboxylic acids is 1. The topological polar surface area (TPSA) is 57.0 Å². The smallest absolute Gasteiger partial charge is 0.272 e. The van der Waals surface area contributed by atoms with E-state index in [2.05, 4.69) is 4.98 Å². The number of hydrogen-bond acceptors (Lipinski definition) is 3. The molecule has 0 aliphatic carbocycles. The molecule has 1 atom stereocenters. The van der Waals surface area contributed by atoms with E-state index in [4.69, 9.17) is 5.26 Å². The van der Waals surface area contributed by atoms with Gasteiger partial charge >= 0.3 is 0 Å². The predicted octanol–water partition coefficient (Wildman–Crippen LogP) is 1.59. The fraction of sp³-hybridized carbons (Fsp3) is 0.364. The third-order valence-electron chi connectivity index (χ3n) is 2.30. The van der Waals surface area contributed by atoms with E-state index >= 15 is 0 Å². The zero-order valence-electron chi connectivity index (χ0n) is 9.14. The van der Waals surface area contributed by atoms with Gasteiger partial charge in [-0.25, -0.2) is 4.98 Å². The first-order valence-electron chi connectivity index (χ1n) is 4.83. The molecule has 1 aromatic heterocycles. The summed E-state index contributed by atoms with van der Waals surface area (Å²) < 4.78 is 12.8. The molecular formula is C11H12FN3O. The summed E-state index contributed by atoms with van der Waals surface area (Å²) in [5, 5.41) is 8.52. The van der Waals surface area contributed by atoms with Gasteiger partial charge in [0.25, 0.3) is 5.91 Å². The van der Waals surface area contributed by atoms with Crippen molar-refractivity contribution in [2.24, 2.45) is 0 Å². The lowest BCUT2D eigenvalue weighted by atomic mass is 10.2. The average Bonchev–Trinajstić information content (AvgIpc) is 2.27. The molecule has 84 valence electrons. The highest BCUT2D eigenvalue weighted by molar-refractivity contribution is 5.92. The maximum atomic E-state index is 12.8. The van der Waals surface area contributed by atoms with E-state index in [-0.39, 0.29) is 24.1 Å². The van der Waals surface area contributed by atoms with Crippen molar-refractivity contribution < 1.29 is 9.18 Å². The summed E-state index contributed by atoms with van der Waals surface area (Å²) in [6.07, 6.45) is 0.234. The van der Waals surface area contributed by atoms with Crippen LogP contribution in [0.15, 0.2) is 18.2 Å². The van der Waals surface area contributed by atoms with Gasteiger partial charge in [0.2, 0.25) is 5.95 Å². The number of pyridine rings is 1. The molecule has 0 N–H and O–H groups in total. The van der Waals surface area contributed by atoms with Gasteiger partial charge in [-0.1, -0.05) is 6.07 Å². The number of carbonyl (C=O) groups is 1. The molecule has 0 saturated carbocycles. The predicted molar refractivity (Wildman–Crippen MR) is 56.0 cm³/mol. The summed E-state index contributed by atoms with van der Waals surface area (Å²) in [6.45, 7) is 1.75. The third-order valence-corrected chi connectivity index (χ3v) is 2.30. The van der Waals surface area contributed by atoms with Gasteiger partial charge in [-0.3, -0.25) is 4.79 Å². The fourth-order valence-corrected chi connectivity index (χ4v) is 1.18. The maximum absolute atomic E-state index is 12.8. The van der Waals surface area contributed by atoms with Gasteiger partial charge in [0, 0.05) is 13.1 Å². The van der Waals surface area contributed by atoms with Crippen molar-refractivity contribution in [2.45, 2.75) is 19.4 Å². The van der Waals surface area contributed by atoms with Crippen LogP contribution in [-0.4, -0.2) is 28.9 Å². The van der Waals surface area contributed by atoms with Crippen molar-refractivity contribution in [1.82, 2.24) is 9.88 Å². The van der Waals surface area contributed by atoms with Gasteiger partial charge in [0.15, 0.2) is 0 Å². The van der Waals surface area contributed by atoms with Gasteiger partial charge < -0.3 is 4.90 Å².